The van der Waals surface area contributed by atoms with Crippen LogP contribution in [0.3, 0.4) is 0 Å². The molecule has 1 aliphatic heterocycles. The number of hydrogen-bond acceptors (Lipinski definition) is 11. The first-order chi connectivity index (χ1) is 24.2. The lowest BCUT2D eigenvalue weighted by molar-refractivity contribution is -0.141. The molecule has 3 heterocycles. The number of carbonyl (C=O) groups excluding carboxylic acids is 3. The van der Waals surface area contributed by atoms with Gasteiger partial charge in [0.1, 0.15) is 29.5 Å². The monoisotopic (exact) mass is 720 g/mol. The molecule has 0 radical (unpaired) electrons. The SMILES string of the molecule is C=C[C@@H]1C[C@]1(NC(=O)[C@@H]1C[C@@H](Oc2nccc3cc(OC)ccc23)CN1C(=O)C(Nc1ccc(OC)nc1)C(C)(C)C)C(=O)NS(=O)(=O)C1CC1. The lowest BCUT2D eigenvalue weighted by Crippen LogP contribution is -2.58. The zero-order valence-corrected chi connectivity index (χ0v) is 30.2. The van der Waals surface area contributed by atoms with Crippen molar-refractivity contribution < 1.29 is 37.0 Å². The summed E-state index contributed by atoms with van der Waals surface area (Å²) in [5.41, 5.74) is -1.57. The number of aromatic nitrogens is 2. The molecule has 3 amide bonds. The van der Waals surface area contributed by atoms with Gasteiger partial charge in [-0.3, -0.25) is 19.1 Å². The second-order valence-electron chi connectivity index (χ2n) is 14.4. The Morgan fingerprint density at radius 2 is 1.84 bits per heavy atom. The molecule has 2 aromatic heterocycles. The summed E-state index contributed by atoms with van der Waals surface area (Å²) < 4.78 is 44.5. The molecule has 3 aliphatic rings. The van der Waals surface area contributed by atoms with Crippen molar-refractivity contribution in [3.8, 4) is 17.5 Å². The molecule has 2 saturated carbocycles. The van der Waals surface area contributed by atoms with E-state index in [1.165, 1.54) is 18.1 Å². The predicted molar refractivity (Wildman–Crippen MR) is 190 cm³/mol. The normalized spacial score (nSPS) is 23.5. The third kappa shape index (κ3) is 7.43. The van der Waals surface area contributed by atoms with Crippen LogP contribution >= 0.6 is 0 Å². The van der Waals surface area contributed by atoms with E-state index in [1.807, 2.05) is 39.0 Å². The molecule has 5 atom stereocenters. The van der Waals surface area contributed by atoms with Crippen LogP contribution in [-0.2, 0) is 24.4 Å². The van der Waals surface area contributed by atoms with E-state index in [1.54, 1.807) is 37.7 Å². The van der Waals surface area contributed by atoms with Crippen LogP contribution in [0.4, 0.5) is 5.69 Å². The number of amides is 3. The van der Waals surface area contributed by atoms with Gasteiger partial charge in [0.25, 0.3) is 5.91 Å². The van der Waals surface area contributed by atoms with Crippen molar-refractivity contribution in [3.63, 3.8) is 0 Å². The second-order valence-corrected chi connectivity index (χ2v) is 16.4. The van der Waals surface area contributed by atoms with Crippen LogP contribution in [0.2, 0.25) is 0 Å². The maximum absolute atomic E-state index is 14.6. The molecular formula is C36H44N6O8S. The number of anilines is 1. The van der Waals surface area contributed by atoms with E-state index >= 15 is 0 Å². The summed E-state index contributed by atoms with van der Waals surface area (Å²) in [6.07, 6.45) is 5.26. The number of likely N-dealkylation sites (tertiary alicyclic amines) is 1. The Kier molecular flexibility index (Phi) is 9.61. The molecule has 3 aromatic rings. The molecule has 0 bridgehead atoms. The fraction of sp³-hybridized carbons (Fsp3) is 0.472. The Hall–Kier alpha value is -4.92. The van der Waals surface area contributed by atoms with Crippen LogP contribution in [0.1, 0.15) is 46.5 Å². The van der Waals surface area contributed by atoms with Gasteiger partial charge in [-0.05, 0) is 60.4 Å². The van der Waals surface area contributed by atoms with Crippen LogP contribution in [0.15, 0.2) is 61.4 Å². The van der Waals surface area contributed by atoms with Gasteiger partial charge in [0.15, 0.2) is 0 Å². The van der Waals surface area contributed by atoms with Crippen LogP contribution in [0.25, 0.3) is 10.8 Å². The van der Waals surface area contributed by atoms with Crippen LogP contribution in [0.5, 0.6) is 17.5 Å². The Morgan fingerprint density at radius 1 is 1.08 bits per heavy atom. The average molecular weight is 721 g/mol. The molecule has 1 unspecified atom stereocenters. The summed E-state index contributed by atoms with van der Waals surface area (Å²) in [7, 11) is -0.780. The lowest BCUT2D eigenvalue weighted by atomic mass is 9.85. The van der Waals surface area contributed by atoms with Crippen LogP contribution < -0.4 is 29.6 Å². The van der Waals surface area contributed by atoms with E-state index in [9.17, 15) is 22.8 Å². The molecule has 2 aliphatic carbocycles. The fourth-order valence-electron chi connectivity index (χ4n) is 6.47. The van der Waals surface area contributed by atoms with Gasteiger partial charge < -0.3 is 29.7 Å². The smallest absolute Gasteiger partial charge is 0.259 e. The number of nitrogens with zero attached hydrogens (tertiary/aromatic N) is 3. The fourth-order valence-corrected chi connectivity index (χ4v) is 7.83. The van der Waals surface area contributed by atoms with Crippen LogP contribution in [0, 0.1) is 11.3 Å². The zero-order chi connectivity index (χ0) is 36.7. The summed E-state index contributed by atoms with van der Waals surface area (Å²) >= 11 is 0. The van der Waals surface area contributed by atoms with E-state index in [0.29, 0.717) is 36.0 Å². The van der Waals surface area contributed by atoms with Crippen LogP contribution in [-0.4, -0.2) is 90.7 Å². The third-order valence-electron chi connectivity index (χ3n) is 9.68. The van der Waals surface area contributed by atoms with Gasteiger partial charge in [0.2, 0.25) is 33.6 Å². The quantitative estimate of drug-likeness (QED) is 0.221. The zero-order valence-electron chi connectivity index (χ0n) is 29.3. The minimum Gasteiger partial charge on any atom is -0.497 e. The van der Waals surface area contributed by atoms with Crippen molar-refractivity contribution in [2.45, 2.75) is 75.4 Å². The Balaban J connectivity index is 1.30. The first-order valence-corrected chi connectivity index (χ1v) is 18.4. The second kappa shape index (κ2) is 13.7. The number of pyridine rings is 2. The van der Waals surface area contributed by atoms with Crippen molar-refractivity contribution in [2.75, 3.05) is 26.1 Å². The first-order valence-electron chi connectivity index (χ1n) is 16.9. The third-order valence-corrected chi connectivity index (χ3v) is 11.5. The molecule has 272 valence electrons. The largest absolute Gasteiger partial charge is 0.497 e. The Bertz CT molecular complexity index is 1940. The van der Waals surface area contributed by atoms with E-state index in [-0.39, 0.29) is 25.3 Å². The van der Waals surface area contributed by atoms with E-state index in [0.717, 1.165) is 10.8 Å². The highest BCUT2D eigenvalue weighted by molar-refractivity contribution is 7.91. The van der Waals surface area contributed by atoms with E-state index in [4.69, 9.17) is 14.2 Å². The van der Waals surface area contributed by atoms with Gasteiger partial charge in [0, 0.05) is 30.0 Å². The highest BCUT2D eigenvalue weighted by Gasteiger charge is 2.62. The Labute approximate surface area is 297 Å². The minimum atomic E-state index is -3.87. The number of rotatable bonds is 13. The average Bonchev–Trinajstić information content (AvgIpc) is 4.03. The highest BCUT2D eigenvalue weighted by atomic mass is 32.2. The van der Waals surface area contributed by atoms with Gasteiger partial charge in [-0.25, -0.2) is 18.4 Å². The molecule has 6 rings (SSSR count). The maximum Gasteiger partial charge on any atom is 0.259 e. The van der Waals surface area contributed by atoms with Crippen molar-refractivity contribution in [3.05, 3.63) is 61.4 Å². The van der Waals surface area contributed by atoms with Crippen molar-refractivity contribution in [2.24, 2.45) is 11.3 Å². The summed E-state index contributed by atoms with van der Waals surface area (Å²) in [5, 5.41) is 7.07. The molecule has 51 heavy (non-hydrogen) atoms. The highest BCUT2D eigenvalue weighted by Crippen LogP contribution is 2.45. The predicted octanol–water partition coefficient (Wildman–Crippen LogP) is 3.19. The molecular weight excluding hydrogens is 676 g/mol. The lowest BCUT2D eigenvalue weighted by Gasteiger charge is -2.36. The number of ether oxygens (including phenoxy) is 3. The minimum absolute atomic E-state index is 0.0421. The summed E-state index contributed by atoms with van der Waals surface area (Å²) in [6.45, 7) is 9.55. The Morgan fingerprint density at radius 3 is 2.45 bits per heavy atom. The molecule has 1 aromatic carbocycles. The molecule has 3 fully saturated rings. The molecule has 1 saturated heterocycles. The van der Waals surface area contributed by atoms with E-state index in [2.05, 4.69) is 31.9 Å². The number of fused-ring (bicyclic) bond motifs is 1. The van der Waals surface area contributed by atoms with Crippen molar-refractivity contribution >= 4 is 44.2 Å². The molecule has 3 N–H and O–H groups in total. The summed E-state index contributed by atoms with van der Waals surface area (Å²) in [4.78, 5) is 52.5. The first kappa shape index (κ1) is 35.9. The van der Waals surface area contributed by atoms with Gasteiger partial charge in [-0.1, -0.05) is 26.8 Å². The maximum atomic E-state index is 14.6. The molecule has 15 heteroatoms. The van der Waals surface area contributed by atoms with E-state index < -0.39 is 62.1 Å². The number of benzene rings is 1. The van der Waals surface area contributed by atoms with Gasteiger partial charge in [0.05, 0.1) is 37.9 Å². The van der Waals surface area contributed by atoms with Gasteiger partial charge in [-0.2, -0.15) is 0 Å². The number of methoxy groups -OCH3 is 2. The van der Waals surface area contributed by atoms with Crippen molar-refractivity contribution in [1.29, 1.82) is 0 Å². The number of nitrogens with one attached hydrogen (secondary N) is 3. The van der Waals surface area contributed by atoms with Gasteiger partial charge >= 0.3 is 0 Å². The standard InChI is InChI=1S/C36H44N6O8S/c1-7-22-18-36(22,34(45)41-51(46,47)26-10-11-26)40-31(43)28-17-25(50-32-27-12-9-24(48-5)16-21(27)14-15-37-32)20-42(28)33(44)30(35(2,3)4)39-23-8-13-29(49-6)38-19-23/h7-9,12-16,19,22,25-26,28,30,39H,1,10-11,17-18,20H2,2-6H3,(H,40,43)(H,41,45)/t22-,25-,28+,30?,36-/m1/s1. The molecule has 0 spiro atoms. The summed E-state index contributed by atoms with van der Waals surface area (Å²) in [5.74, 6) is -0.860. The number of hydrogen-bond donors (Lipinski definition) is 3. The number of sulfonamides is 1. The number of carbonyl (C=O) groups is 3. The molecule has 14 nitrogen and oxygen atoms in total. The van der Waals surface area contributed by atoms with Gasteiger partial charge in [-0.15, -0.1) is 6.58 Å². The van der Waals surface area contributed by atoms with Crippen molar-refractivity contribution in [1.82, 2.24) is 24.9 Å². The topological polar surface area (TPSA) is 178 Å². The summed E-state index contributed by atoms with van der Waals surface area (Å²) in [6, 6.07) is 8.87.